The van der Waals surface area contributed by atoms with Gasteiger partial charge in [-0.05, 0) is 12.8 Å². The molecule has 0 rings (SSSR count). The van der Waals surface area contributed by atoms with Crippen molar-refractivity contribution in [2.45, 2.75) is 283 Å². The molecule has 2 N–H and O–H groups in total. The van der Waals surface area contributed by atoms with Crippen molar-refractivity contribution >= 4 is 13.7 Å². The molecule has 0 bridgehead atoms. The molecule has 9 heteroatoms. The van der Waals surface area contributed by atoms with Crippen LogP contribution in [0.15, 0.2) is 0 Å². The largest absolute Gasteiger partial charge is 0.756 e. The fraction of sp³-hybridized carbons (Fsp3) is 0.980. The molecule has 1 unspecified atom stereocenters. The lowest BCUT2D eigenvalue weighted by Crippen LogP contribution is -2.46. The summed E-state index contributed by atoms with van der Waals surface area (Å²) in [5.74, 6) is -0.158. The first-order valence-electron chi connectivity index (χ1n) is 26.4. The maximum absolute atomic E-state index is 12.9. The average molecular weight is 873 g/mol. The normalized spacial score (nSPS) is 14.1. The van der Waals surface area contributed by atoms with E-state index in [1.165, 1.54) is 205 Å². The second-order valence-electron chi connectivity index (χ2n) is 19.6. The number of hydrogen-bond donors (Lipinski definition) is 2. The molecule has 0 radical (unpaired) electrons. The van der Waals surface area contributed by atoms with Crippen molar-refractivity contribution in [1.29, 1.82) is 0 Å². The Bertz CT molecular complexity index is 947. The molecule has 0 aliphatic rings. The van der Waals surface area contributed by atoms with Gasteiger partial charge < -0.3 is 28.8 Å². The predicted molar refractivity (Wildman–Crippen MR) is 256 cm³/mol. The number of hydrogen-bond acceptors (Lipinski definition) is 6. The summed E-state index contributed by atoms with van der Waals surface area (Å²) in [5.41, 5.74) is 0. The lowest BCUT2D eigenvalue weighted by atomic mass is 10.0. The number of aliphatic hydroxyl groups is 1. The number of likely N-dealkylation sites (N-methyl/N-ethyl adjacent to an activating group) is 1. The molecule has 0 saturated carbocycles. The first-order valence-corrected chi connectivity index (χ1v) is 27.8. The molecule has 0 aromatic rings. The molecule has 0 saturated heterocycles. The first kappa shape index (κ1) is 59.5. The van der Waals surface area contributed by atoms with E-state index in [4.69, 9.17) is 9.05 Å². The van der Waals surface area contributed by atoms with Gasteiger partial charge in [0.1, 0.15) is 13.2 Å². The van der Waals surface area contributed by atoms with Gasteiger partial charge in [-0.25, -0.2) is 0 Å². The molecule has 360 valence electrons. The Balaban J connectivity index is 4.19. The zero-order valence-corrected chi connectivity index (χ0v) is 41.8. The summed E-state index contributed by atoms with van der Waals surface area (Å²) in [4.78, 5) is 25.5. The monoisotopic (exact) mass is 873 g/mol. The average Bonchev–Trinajstić information content (AvgIpc) is 3.20. The van der Waals surface area contributed by atoms with E-state index in [1.54, 1.807) is 0 Å². The number of unbranched alkanes of at least 4 members (excludes halogenated alkanes) is 36. The van der Waals surface area contributed by atoms with E-state index in [-0.39, 0.29) is 19.1 Å². The molecule has 0 aromatic carbocycles. The summed E-state index contributed by atoms with van der Waals surface area (Å²) < 4.78 is 23.4. The Kier molecular flexibility index (Phi) is 43.4. The molecule has 0 aliphatic carbocycles. The fourth-order valence-corrected chi connectivity index (χ4v) is 8.88. The Labute approximate surface area is 374 Å². The number of carbonyl (C=O) groups is 1. The van der Waals surface area contributed by atoms with Crippen LogP contribution in [-0.4, -0.2) is 68.5 Å². The quantitative estimate of drug-likeness (QED) is 0.0358. The summed E-state index contributed by atoms with van der Waals surface area (Å²) in [5, 5.41) is 14.0. The molecule has 0 spiro atoms. The SMILES string of the molecule is CCCCCCCCCCCCCCCCCCCCCCCC(=O)N[C@@H](COP(=O)([O-])OCC[N+](C)(C)C)[C@H](O)CCCCCCCCCCCCCCCCCCC. The smallest absolute Gasteiger partial charge is 0.268 e. The van der Waals surface area contributed by atoms with Gasteiger partial charge in [-0.2, -0.15) is 0 Å². The maximum Gasteiger partial charge on any atom is 0.268 e. The lowest BCUT2D eigenvalue weighted by Gasteiger charge is -2.30. The molecule has 0 heterocycles. The van der Waals surface area contributed by atoms with Gasteiger partial charge in [-0.3, -0.25) is 9.36 Å². The van der Waals surface area contributed by atoms with Crippen molar-refractivity contribution in [3.05, 3.63) is 0 Å². The Morgan fingerprint density at radius 2 is 0.817 bits per heavy atom. The third kappa shape index (κ3) is 45.5. The molecule has 8 nitrogen and oxygen atoms in total. The zero-order valence-electron chi connectivity index (χ0n) is 40.9. The maximum atomic E-state index is 12.9. The van der Waals surface area contributed by atoms with E-state index in [9.17, 15) is 19.4 Å². The number of rotatable bonds is 49. The Hall–Kier alpha value is -0.500. The first-order chi connectivity index (χ1) is 29.0. The van der Waals surface area contributed by atoms with Crippen LogP contribution < -0.4 is 10.2 Å². The zero-order chi connectivity index (χ0) is 44.3. The molecule has 3 atom stereocenters. The van der Waals surface area contributed by atoms with Crippen molar-refractivity contribution in [1.82, 2.24) is 5.32 Å². The van der Waals surface area contributed by atoms with E-state index in [2.05, 4.69) is 19.2 Å². The molecular weight excluding hydrogens is 768 g/mol. The van der Waals surface area contributed by atoms with Crippen LogP contribution in [0.1, 0.15) is 271 Å². The van der Waals surface area contributed by atoms with Crippen LogP contribution in [-0.2, 0) is 18.4 Å². The number of nitrogens with zero attached hydrogens (tertiary/aromatic N) is 1. The van der Waals surface area contributed by atoms with Crippen molar-refractivity contribution in [2.75, 3.05) is 40.9 Å². The van der Waals surface area contributed by atoms with Gasteiger partial charge >= 0.3 is 0 Å². The molecular formula is C51H105N2O6P. The lowest BCUT2D eigenvalue weighted by molar-refractivity contribution is -0.870. The van der Waals surface area contributed by atoms with Crippen molar-refractivity contribution < 1.29 is 32.9 Å². The van der Waals surface area contributed by atoms with E-state index < -0.39 is 20.0 Å². The van der Waals surface area contributed by atoms with Gasteiger partial charge in [-0.15, -0.1) is 0 Å². The minimum absolute atomic E-state index is 0.0165. The standard InChI is InChI=1S/C51H105N2O6P/c1-6-8-10-12-14-16-18-20-22-24-25-26-27-29-31-33-35-37-39-41-43-45-51(55)52-49(48-59-60(56,57)58-47-46-53(3,4)5)50(54)44-42-40-38-36-34-32-30-28-23-21-19-17-15-13-11-9-7-2/h49-50,54H,6-48H2,1-5H3,(H-,52,55,56,57)/t49-,50+/m0/s1. The van der Waals surface area contributed by atoms with E-state index >= 15 is 0 Å². The van der Waals surface area contributed by atoms with Gasteiger partial charge in [-0.1, -0.05) is 251 Å². The summed E-state index contributed by atoms with van der Waals surface area (Å²) in [6.45, 7) is 4.77. The van der Waals surface area contributed by atoms with Crippen LogP contribution in [0.4, 0.5) is 0 Å². The Morgan fingerprint density at radius 3 is 1.13 bits per heavy atom. The number of phosphoric ester groups is 1. The van der Waals surface area contributed by atoms with Crippen LogP contribution >= 0.6 is 7.82 Å². The van der Waals surface area contributed by atoms with Crippen LogP contribution in [0.5, 0.6) is 0 Å². The number of phosphoric acid groups is 1. The van der Waals surface area contributed by atoms with Gasteiger partial charge in [0.25, 0.3) is 7.82 Å². The third-order valence-electron chi connectivity index (χ3n) is 12.3. The highest BCUT2D eigenvalue weighted by Crippen LogP contribution is 2.38. The van der Waals surface area contributed by atoms with Crippen LogP contribution in [0, 0.1) is 0 Å². The van der Waals surface area contributed by atoms with Crippen molar-refractivity contribution in [3.8, 4) is 0 Å². The number of quaternary nitrogens is 1. The molecule has 0 fully saturated rings. The highest BCUT2D eigenvalue weighted by atomic mass is 31.2. The summed E-state index contributed by atoms with van der Waals surface area (Å²) in [6.07, 6.45) is 49.7. The third-order valence-corrected chi connectivity index (χ3v) is 13.3. The summed E-state index contributed by atoms with van der Waals surface area (Å²) in [7, 11) is 1.32. The second kappa shape index (κ2) is 43.7. The summed E-state index contributed by atoms with van der Waals surface area (Å²) in [6, 6.07) is -0.794. The molecule has 0 aliphatic heterocycles. The number of aliphatic hydroxyl groups excluding tert-OH is 1. The van der Waals surface area contributed by atoms with Gasteiger partial charge in [0.05, 0.1) is 39.9 Å². The number of amides is 1. The number of carbonyl (C=O) groups excluding carboxylic acids is 1. The highest BCUT2D eigenvalue weighted by Gasteiger charge is 2.24. The van der Waals surface area contributed by atoms with Crippen LogP contribution in [0.25, 0.3) is 0 Å². The van der Waals surface area contributed by atoms with E-state index in [0.29, 0.717) is 23.9 Å². The molecule has 60 heavy (non-hydrogen) atoms. The number of nitrogens with one attached hydrogen (secondary N) is 1. The van der Waals surface area contributed by atoms with Gasteiger partial charge in [0.15, 0.2) is 0 Å². The fourth-order valence-electron chi connectivity index (χ4n) is 8.16. The van der Waals surface area contributed by atoms with Crippen molar-refractivity contribution in [3.63, 3.8) is 0 Å². The molecule has 0 aromatic heterocycles. The predicted octanol–water partition coefficient (Wildman–Crippen LogP) is 14.7. The van der Waals surface area contributed by atoms with Crippen LogP contribution in [0.2, 0.25) is 0 Å². The van der Waals surface area contributed by atoms with Crippen molar-refractivity contribution in [2.24, 2.45) is 0 Å². The molecule has 1 amide bonds. The second-order valence-corrected chi connectivity index (χ2v) is 21.0. The van der Waals surface area contributed by atoms with Gasteiger partial charge in [0, 0.05) is 6.42 Å². The minimum atomic E-state index is -4.56. The Morgan fingerprint density at radius 1 is 0.517 bits per heavy atom. The van der Waals surface area contributed by atoms with E-state index in [1.807, 2.05) is 21.1 Å². The van der Waals surface area contributed by atoms with Gasteiger partial charge in [0.2, 0.25) is 5.91 Å². The minimum Gasteiger partial charge on any atom is -0.756 e. The summed E-state index contributed by atoms with van der Waals surface area (Å²) >= 11 is 0. The van der Waals surface area contributed by atoms with Crippen LogP contribution in [0.3, 0.4) is 0 Å². The topological polar surface area (TPSA) is 108 Å². The van der Waals surface area contributed by atoms with E-state index in [0.717, 1.165) is 38.5 Å². The highest BCUT2D eigenvalue weighted by molar-refractivity contribution is 7.45.